The van der Waals surface area contributed by atoms with E-state index in [1.807, 2.05) is 36.1 Å². The Morgan fingerprint density at radius 3 is 2.76 bits per heavy atom. The number of nitrogens with zero attached hydrogens (tertiary/aromatic N) is 3. The predicted octanol–water partition coefficient (Wildman–Crippen LogP) is 2.72. The molecule has 0 spiro atoms. The van der Waals surface area contributed by atoms with Crippen LogP contribution >= 0.6 is 0 Å². The maximum absolute atomic E-state index is 12.5. The Labute approximate surface area is 125 Å². The van der Waals surface area contributed by atoms with E-state index >= 15 is 0 Å². The van der Waals surface area contributed by atoms with Gasteiger partial charge < -0.3 is 10.6 Å². The number of hydrogen-bond acceptors (Lipinski definition) is 3. The molecule has 0 radical (unpaired) electrons. The van der Waals surface area contributed by atoms with E-state index in [2.05, 4.69) is 18.9 Å². The van der Waals surface area contributed by atoms with Gasteiger partial charge in [-0.25, -0.2) is 4.68 Å². The summed E-state index contributed by atoms with van der Waals surface area (Å²) in [7, 11) is 0. The average Bonchev–Trinajstić information content (AvgIpc) is 2.97. The van der Waals surface area contributed by atoms with E-state index in [1.165, 1.54) is 0 Å². The third-order valence-corrected chi connectivity index (χ3v) is 3.67. The van der Waals surface area contributed by atoms with Gasteiger partial charge in [0.05, 0.1) is 5.69 Å². The van der Waals surface area contributed by atoms with Crippen molar-refractivity contribution in [3.05, 3.63) is 42.2 Å². The lowest BCUT2D eigenvalue weighted by molar-refractivity contribution is 0.0693. The van der Waals surface area contributed by atoms with Gasteiger partial charge >= 0.3 is 0 Å². The second-order valence-corrected chi connectivity index (χ2v) is 5.09. The molecule has 1 atom stereocenters. The lowest BCUT2D eigenvalue weighted by atomic mass is 10.2. The molecule has 21 heavy (non-hydrogen) atoms. The topological polar surface area (TPSA) is 64.2 Å². The molecular weight excluding hydrogens is 264 g/mol. The molecule has 0 aliphatic carbocycles. The normalized spacial score (nSPS) is 12.1. The fraction of sp³-hybridized carbons (Fsp3) is 0.375. The van der Waals surface area contributed by atoms with E-state index < -0.39 is 0 Å². The highest BCUT2D eigenvalue weighted by Crippen LogP contribution is 2.14. The largest absolute Gasteiger partial charge is 0.399 e. The molecule has 1 amide bonds. The monoisotopic (exact) mass is 286 g/mol. The van der Waals surface area contributed by atoms with Crippen LogP contribution in [-0.4, -0.2) is 33.2 Å². The number of carbonyl (C=O) groups is 1. The minimum Gasteiger partial charge on any atom is -0.399 e. The van der Waals surface area contributed by atoms with Gasteiger partial charge in [-0.05, 0) is 44.5 Å². The zero-order valence-corrected chi connectivity index (χ0v) is 12.8. The Balaban J connectivity index is 2.25. The van der Waals surface area contributed by atoms with E-state index in [9.17, 15) is 4.79 Å². The highest BCUT2D eigenvalue weighted by Gasteiger charge is 2.20. The lowest BCUT2D eigenvalue weighted by Crippen LogP contribution is -2.38. The summed E-state index contributed by atoms with van der Waals surface area (Å²) in [5, 5.41) is 4.38. The number of hydrogen-bond donors (Lipinski definition) is 1. The van der Waals surface area contributed by atoms with Gasteiger partial charge in [0.15, 0.2) is 5.69 Å². The molecule has 0 bridgehead atoms. The van der Waals surface area contributed by atoms with Crippen molar-refractivity contribution in [2.45, 2.75) is 33.2 Å². The number of nitrogens with two attached hydrogens (primary N) is 1. The molecule has 2 rings (SSSR count). The Hall–Kier alpha value is -2.30. The molecule has 5 heteroatoms. The summed E-state index contributed by atoms with van der Waals surface area (Å²) >= 11 is 0. The van der Waals surface area contributed by atoms with Crippen LogP contribution in [0.3, 0.4) is 0 Å². The van der Waals surface area contributed by atoms with Crippen molar-refractivity contribution in [2.75, 3.05) is 12.3 Å². The summed E-state index contributed by atoms with van der Waals surface area (Å²) in [6, 6.07) is 9.38. The van der Waals surface area contributed by atoms with Crippen LogP contribution in [0.15, 0.2) is 36.5 Å². The average molecular weight is 286 g/mol. The van der Waals surface area contributed by atoms with Crippen LogP contribution in [0.4, 0.5) is 5.69 Å². The molecule has 1 unspecified atom stereocenters. The molecule has 2 aromatic rings. The molecule has 0 saturated heterocycles. The molecular formula is C16H22N4O. The van der Waals surface area contributed by atoms with Gasteiger partial charge in [0.2, 0.25) is 0 Å². The van der Waals surface area contributed by atoms with Crippen LogP contribution in [-0.2, 0) is 0 Å². The summed E-state index contributed by atoms with van der Waals surface area (Å²) in [6.45, 7) is 6.79. The van der Waals surface area contributed by atoms with Crippen LogP contribution in [0.5, 0.6) is 0 Å². The molecule has 0 fully saturated rings. The van der Waals surface area contributed by atoms with E-state index in [4.69, 9.17) is 5.73 Å². The van der Waals surface area contributed by atoms with E-state index in [1.54, 1.807) is 16.9 Å². The Morgan fingerprint density at radius 1 is 1.38 bits per heavy atom. The Bertz CT molecular complexity index is 620. The van der Waals surface area contributed by atoms with Crippen LogP contribution in [0.25, 0.3) is 5.69 Å². The second-order valence-electron chi connectivity index (χ2n) is 5.09. The summed E-state index contributed by atoms with van der Waals surface area (Å²) in [5.74, 6) is -0.0329. The Morgan fingerprint density at radius 2 is 2.14 bits per heavy atom. The molecule has 5 nitrogen and oxygen atoms in total. The number of carbonyl (C=O) groups excluding carboxylic acids is 1. The van der Waals surface area contributed by atoms with Crippen molar-refractivity contribution in [3.8, 4) is 5.69 Å². The summed E-state index contributed by atoms with van der Waals surface area (Å²) in [4.78, 5) is 14.4. The predicted molar refractivity (Wildman–Crippen MR) is 84.4 cm³/mol. The van der Waals surface area contributed by atoms with Gasteiger partial charge in [-0.2, -0.15) is 5.10 Å². The first-order valence-electron chi connectivity index (χ1n) is 7.29. The number of amides is 1. The molecule has 0 aliphatic heterocycles. The lowest BCUT2D eigenvalue weighted by Gasteiger charge is -2.26. The Kier molecular flexibility index (Phi) is 4.62. The fourth-order valence-electron chi connectivity index (χ4n) is 2.27. The van der Waals surface area contributed by atoms with Gasteiger partial charge in [-0.3, -0.25) is 4.79 Å². The molecule has 1 aromatic carbocycles. The van der Waals surface area contributed by atoms with Crippen LogP contribution in [0.2, 0.25) is 0 Å². The first kappa shape index (κ1) is 15.1. The number of rotatable bonds is 5. The SMILES string of the molecule is CCC(C)N(CC)C(=O)c1ccn(-c2cccc(N)c2)n1. The standard InChI is InChI=1S/C16H22N4O/c1-4-12(3)19(5-2)16(21)15-9-10-20(18-15)14-8-6-7-13(17)11-14/h6-12H,4-5,17H2,1-3H3. The van der Waals surface area contributed by atoms with Crippen LogP contribution in [0, 0.1) is 0 Å². The van der Waals surface area contributed by atoms with Crippen molar-refractivity contribution in [3.63, 3.8) is 0 Å². The number of benzene rings is 1. The quantitative estimate of drug-likeness (QED) is 0.859. The smallest absolute Gasteiger partial charge is 0.274 e. The van der Waals surface area contributed by atoms with Gasteiger partial charge in [-0.15, -0.1) is 0 Å². The zero-order valence-electron chi connectivity index (χ0n) is 12.8. The molecule has 1 aromatic heterocycles. The van der Waals surface area contributed by atoms with Crippen molar-refractivity contribution < 1.29 is 4.79 Å². The van der Waals surface area contributed by atoms with Crippen LogP contribution < -0.4 is 5.73 Å². The van der Waals surface area contributed by atoms with Gasteiger partial charge in [-0.1, -0.05) is 13.0 Å². The molecule has 1 heterocycles. The summed E-state index contributed by atoms with van der Waals surface area (Å²) in [6.07, 6.45) is 2.71. The maximum Gasteiger partial charge on any atom is 0.274 e. The van der Waals surface area contributed by atoms with Crippen LogP contribution in [0.1, 0.15) is 37.7 Å². The van der Waals surface area contributed by atoms with E-state index in [-0.39, 0.29) is 11.9 Å². The van der Waals surface area contributed by atoms with Crippen molar-refractivity contribution in [1.82, 2.24) is 14.7 Å². The third kappa shape index (κ3) is 3.24. The molecule has 112 valence electrons. The summed E-state index contributed by atoms with van der Waals surface area (Å²) in [5.41, 5.74) is 7.75. The highest BCUT2D eigenvalue weighted by molar-refractivity contribution is 5.92. The minimum atomic E-state index is -0.0329. The first-order chi connectivity index (χ1) is 10.1. The van der Waals surface area contributed by atoms with E-state index in [0.717, 1.165) is 12.1 Å². The third-order valence-electron chi connectivity index (χ3n) is 3.67. The minimum absolute atomic E-state index is 0.0329. The van der Waals surface area contributed by atoms with Crippen molar-refractivity contribution in [2.24, 2.45) is 0 Å². The number of nitrogen functional groups attached to an aromatic ring is 1. The highest BCUT2D eigenvalue weighted by atomic mass is 16.2. The second kappa shape index (κ2) is 6.43. The van der Waals surface area contributed by atoms with Gasteiger partial charge in [0.1, 0.15) is 0 Å². The zero-order chi connectivity index (χ0) is 15.4. The fourth-order valence-corrected chi connectivity index (χ4v) is 2.27. The van der Waals surface area contributed by atoms with Crippen molar-refractivity contribution >= 4 is 11.6 Å². The van der Waals surface area contributed by atoms with E-state index in [0.29, 0.717) is 17.9 Å². The molecule has 2 N–H and O–H groups in total. The molecule has 0 aliphatic rings. The molecule has 0 saturated carbocycles. The first-order valence-corrected chi connectivity index (χ1v) is 7.29. The number of anilines is 1. The van der Waals surface area contributed by atoms with Gasteiger partial charge in [0, 0.05) is 24.5 Å². The number of aromatic nitrogens is 2. The van der Waals surface area contributed by atoms with Crippen molar-refractivity contribution in [1.29, 1.82) is 0 Å². The summed E-state index contributed by atoms with van der Waals surface area (Å²) < 4.78 is 1.67. The maximum atomic E-state index is 12.5. The van der Waals surface area contributed by atoms with Gasteiger partial charge in [0.25, 0.3) is 5.91 Å².